The average Bonchev–Trinajstić information content (AvgIpc) is 2.39. The Morgan fingerprint density at radius 1 is 1.37 bits per heavy atom. The highest BCUT2D eigenvalue weighted by atomic mass is 32.2. The van der Waals surface area contributed by atoms with Gasteiger partial charge in [0.15, 0.2) is 0 Å². The molecule has 1 aromatic carbocycles. The number of hydrogen-bond donors (Lipinski definition) is 2. The summed E-state index contributed by atoms with van der Waals surface area (Å²) in [5.41, 5.74) is 5.98. The number of anilines is 1. The van der Waals surface area contributed by atoms with Crippen molar-refractivity contribution in [3.05, 3.63) is 24.3 Å². The maximum absolute atomic E-state index is 12.2. The molecule has 6 nitrogen and oxygen atoms in total. The van der Waals surface area contributed by atoms with Crippen molar-refractivity contribution in [1.29, 1.82) is 0 Å². The van der Waals surface area contributed by atoms with Crippen molar-refractivity contribution in [2.75, 3.05) is 31.0 Å². The lowest BCUT2D eigenvalue weighted by Crippen LogP contribution is -2.42. The van der Waals surface area contributed by atoms with Gasteiger partial charge in [-0.05, 0) is 25.1 Å². The molecule has 0 heterocycles. The maximum Gasteiger partial charge on any atom is 0.301 e. The van der Waals surface area contributed by atoms with Gasteiger partial charge in [-0.3, -0.25) is 4.31 Å². The Kier molecular flexibility index (Phi) is 6.07. The smallest absolute Gasteiger partial charge is 0.301 e. The summed E-state index contributed by atoms with van der Waals surface area (Å²) in [5, 5.41) is 0. The van der Waals surface area contributed by atoms with E-state index in [0.717, 1.165) is 0 Å². The van der Waals surface area contributed by atoms with E-state index in [1.54, 1.807) is 31.2 Å². The zero-order valence-electron chi connectivity index (χ0n) is 11.3. The van der Waals surface area contributed by atoms with Gasteiger partial charge in [-0.15, -0.1) is 0 Å². The predicted molar refractivity (Wildman–Crippen MR) is 76.6 cm³/mol. The van der Waals surface area contributed by atoms with Gasteiger partial charge < -0.3 is 10.5 Å². The molecule has 0 bridgehead atoms. The molecule has 0 spiro atoms. The Morgan fingerprint density at radius 2 is 2.05 bits per heavy atom. The fraction of sp³-hybridized carbons (Fsp3) is 0.500. The third-order valence-electron chi connectivity index (χ3n) is 2.54. The molecule has 0 fully saturated rings. The van der Waals surface area contributed by atoms with Crippen LogP contribution in [-0.2, 0) is 10.2 Å². The zero-order valence-corrected chi connectivity index (χ0v) is 12.1. The summed E-state index contributed by atoms with van der Waals surface area (Å²) < 4.78 is 33.4. The number of methoxy groups -OCH3 is 1. The summed E-state index contributed by atoms with van der Waals surface area (Å²) in [4.78, 5) is 0. The molecule has 0 amide bonds. The van der Waals surface area contributed by atoms with Gasteiger partial charge in [-0.25, -0.2) is 0 Å². The van der Waals surface area contributed by atoms with Gasteiger partial charge >= 0.3 is 10.2 Å². The molecule has 0 aliphatic rings. The van der Waals surface area contributed by atoms with E-state index >= 15 is 0 Å². The second-order valence-electron chi connectivity index (χ2n) is 3.89. The minimum atomic E-state index is -3.58. The van der Waals surface area contributed by atoms with Crippen LogP contribution in [0.5, 0.6) is 5.75 Å². The number of nitrogens with two attached hydrogens (primary N) is 1. The SMILES string of the molecule is CCNS(=O)(=O)N(CCCN)c1ccccc1OC. The second-order valence-corrected chi connectivity index (χ2v) is 5.57. The summed E-state index contributed by atoms with van der Waals surface area (Å²) in [6, 6.07) is 7.01. The van der Waals surface area contributed by atoms with Crippen LogP contribution < -0.4 is 19.5 Å². The topological polar surface area (TPSA) is 84.7 Å². The number of ether oxygens (including phenoxy) is 1. The molecule has 0 saturated heterocycles. The number of rotatable bonds is 8. The van der Waals surface area contributed by atoms with Crippen LogP contribution >= 0.6 is 0 Å². The van der Waals surface area contributed by atoms with E-state index in [4.69, 9.17) is 10.5 Å². The molecule has 0 unspecified atom stereocenters. The molecule has 1 rings (SSSR count). The van der Waals surface area contributed by atoms with Crippen LogP contribution in [0.3, 0.4) is 0 Å². The highest BCUT2D eigenvalue weighted by molar-refractivity contribution is 7.90. The number of nitrogens with one attached hydrogen (secondary N) is 1. The number of benzene rings is 1. The van der Waals surface area contributed by atoms with E-state index in [1.165, 1.54) is 11.4 Å². The molecule has 0 atom stereocenters. The normalized spacial score (nSPS) is 11.3. The van der Waals surface area contributed by atoms with Crippen molar-refractivity contribution in [1.82, 2.24) is 4.72 Å². The first-order chi connectivity index (χ1) is 9.06. The zero-order chi connectivity index (χ0) is 14.3. The van der Waals surface area contributed by atoms with Crippen LogP contribution in [-0.4, -0.2) is 35.2 Å². The fourth-order valence-electron chi connectivity index (χ4n) is 1.70. The number of nitrogens with zero attached hydrogens (tertiary/aromatic N) is 1. The summed E-state index contributed by atoms with van der Waals surface area (Å²) in [7, 11) is -2.07. The van der Waals surface area contributed by atoms with Crippen LogP contribution in [0.15, 0.2) is 24.3 Å². The highest BCUT2D eigenvalue weighted by Gasteiger charge is 2.23. The highest BCUT2D eigenvalue weighted by Crippen LogP contribution is 2.29. The molecule has 19 heavy (non-hydrogen) atoms. The van der Waals surface area contributed by atoms with Crippen LogP contribution in [0.2, 0.25) is 0 Å². The Hall–Kier alpha value is -1.31. The fourth-order valence-corrected chi connectivity index (χ4v) is 3.00. The summed E-state index contributed by atoms with van der Waals surface area (Å²) in [5.74, 6) is 0.515. The second kappa shape index (κ2) is 7.32. The molecule has 0 aliphatic heterocycles. The van der Waals surface area contributed by atoms with E-state index in [-0.39, 0.29) is 0 Å². The molecule has 7 heteroatoms. The molecule has 0 aromatic heterocycles. The molecule has 108 valence electrons. The average molecular weight is 287 g/mol. The van der Waals surface area contributed by atoms with Crippen LogP contribution in [0.25, 0.3) is 0 Å². The first-order valence-electron chi connectivity index (χ1n) is 6.17. The van der Waals surface area contributed by atoms with Gasteiger partial charge in [-0.2, -0.15) is 13.1 Å². The monoisotopic (exact) mass is 287 g/mol. The molecular weight excluding hydrogens is 266 g/mol. The first-order valence-corrected chi connectivity index (χ1v) is 7.61. The summed E-state index contributed by atoms with van der Waals surface area (Å²) in [6.07, 6.45) is 0.572. The standard InChI is InChI=1S/C12H21N3O3S/c1-3-14-19(16,17)15(10-6-9-13)11-7-4-5-8-12(11)18-2/h4-5,7-8,14H,3,6,9-10,13H2,1-2H3. The maximum atomic E-state index is 12.2. The van der Waals surface area contributed by atoms with Crippen molar-refractivity contribution in [3.8, 4) is 5.75 Å². The van der Waals surface area contributed by atoms with E-state index in [2.05, 4.69) is 4.72 Å². The van der Waals surface area contributed by atoms with Gasteiger partial charge in [0.2, 0.25) is 0 Å². The lowest BCUT2D eigenvalue weighted by molar-refractivity contribution is 0.415. The van der Waals surface area contributed by atoms with E-state index in [9.17, 15) is 8.42 Å². The van der Waals surface area contributed by atoms with E-state index < -0.39 is 10.2 Å². The molecule has 1 aromatic rings. The predicted octanol–water partition coefficient (Wildman–Crippen LogP) is 0.705. The Bertz CT molecular complexity index is 491. The minimum Gasteiger partial charge on any atom is -0.495 e. The number of para-hydroxylation sites is 2. The summed E-state index contributed by atoms with van der Waals surface area (Å²) in [6.45, 7) is 2.80. The minimum absolute atomic E-state index is 0.312. The molecule has 0 radical (unpaired) electrons. The van der Waals surface area contributed by atoms with Crippen LogP contribution in [0.4, 0.5) is 5.69 Å². The van der Waals surface area contributed by atoms with Crippen molar-refractivity contribution in [2.45, 2.75) is 13.3 Å². The summed E-state index contributed by atoms with van der Waals surface area (Å²) >= 11 is 0. The third kappa shape index (κ3) is 4.09. The quantitative estimate of drug-likeness (QED) is 0.737. The molecular formula is C12H21N3O3S. The Labute approximate surface area is 114 Å². The Morgan fingerprint density at radius 3 is 2.63 bits per heavy atom. The van der Waals surface area contributed by atoms with Gasteiger partial charge in [0.1, 0.15) is 5.75 Å². The number of hydrogen-bond acceptors (Lipinski definition) is 4. The Balaban J connectivity index is 3.16. The van der Waals surface area contributed by atoms with Crippen LogP contribution in [0.1, 0.15) is 13.3 Å². The van der Waals surface area contributed by atoms with Gasteiger partial charge in [0.05, 0.1) is 12.8 Å². The van der Waals surface area contributed by atoms with Gasteiger partial charge in [-0.1, -0.05) is 19.1 Å². The van der Waals surface area contributed by atoms with Crippen molar-refractivity contribution in [2.24, 2.45) is 5.73 Å². The molecule has 3 N–H and O–H groups in total. The van der Waals surface area contributed by atoms with E-state index in [1.807, 2.05) is 0 Å². The first kappa shape index (κ1) is 15.7. The molecule has 0 saturated carbocycles. The van der Waals surface area contributed by atoms with Crippen molar-refractivity contribution >= 4 is 15.9 Å². The molecule has 0 aliphatic carbocycles. The lowest BCUT2D eigenvalue weighted by Gasteiger charge is -2.25. The van der Waals surface area contributed by atoms with Crippen molar-refractivity contribution in [3.63, 3.8) is 0 Å². The van der Waals surface area contributed by atoms with E-state index in [0.29, 0.717) is 37.5 Å². The van der Waals surface area contributed by atoms with Gasteiger partial charge in [0.25, 0.3) is 0 Å². The van der Waals surface area contributed by atoms with Crippen molar-refractivity contribution < 1.29 is 13.2 Å². The largest absolute Gasteiger partial charge is 0.495 e. The van der Waals surface area contributed by atoms with Gasteiger partial charge in [0, 0.05) is 13.1 Å². The third-order valence-corrected chi connectivity index (χ3v) is 4.15. The van der Waals surface area contributed by atoms with Crippen LogP contribution in [0, 0.1) is 0 Å². The lowest BCUT2D eigenvalue weighted by atomic mass is 10.3.